The number of unbranched alkanes of at least 4 members (excludes halogenated alkanes) is 1. The molecule has 34 heavy (non-hydrogen) atoms. The van der Waals surface area contributed by atoms with Gasteiger partial charge < -0.3 is 13.9 Å². The average molecular weight is 470 g/mol. The lowest BCUT2D eigenvalue weighted by molar-refractivity contribution is -0.137. The average Bonchev–Trinajstić information content (AvgIpc) is 3.13. The second-order valence-corrected chi connectivity index (χ2v) is 8.10. The maximum Gasteiger partial charge on any atom is 0.416 e. The third kappa shape index (κ3) is 5.13. The molecule has 0 saturated heterocycles. The molecule has 0 amide bonds. The molecule has 0 aliphatic carbocycles. The minimum absolute atomic E-state index is 0.0598. The summed E-state index contributed by atoms with van der Waals surface area (Å²) in [5, 5.41) is 8.18. The molecule has 0 N–H and O–H groups in total. The number of hydrogen-bond donors (Lipinski definition) is 0. The number of alkyl halides is 3. The van der Waals surface area contributed by atoms with Crippen LogP contribution in [-0.4, -0.2) is 19.3 Å². The van der Waals surface area contributed by atoms with Crippen LogP contribution in [0.4, 0.5) is 13.2 Å². The third-order valence-electron chi connectivity index (χ3n) is 5.64. The van der Waals surface area contributed by atoms with Gasteiger partial charge >= 0.3 is 6.18 Å². The highest BCUT2D eigenvalue weighted by molar-refractivity contribution is 5.71. The molecule has 0 spiro atoms. The Kier molecular flexibility index (Phi) is 6.72. The van der Waals surface area contributed by atoms with Crippen molar-refractivity contribution in [2.75, 3.05) is 0 Å². The number of pyridine rings is 1. The zero-order valence-electron chi connectivity index (χ0n) is 19.0. The van der Waals surface area contributed by atoms with Crippen molar-refractivity contribution in [2.45, 2.75) is 52.4 Å². The second-order valence-electron chi connectivity index (χ2n) is 8.10. The van der Waals surface area contributed by atoms with E-state index in [1.165, 1.54) is 12.1 Å². The normalized spacial score (nSPS) is 16.2. The van der Waals surface area contributed by atoms with E-state index in [-0.39, 0.29) is 11.3 Å². The minimum atomic E-state index is -4.52. The largest absolute Gasteiger partial charge is 0.457 e. The van der Waals surface area contributed by atoms with Crippen molar-refractivity contribution >= 4 is 6.08 Å². The first-order chi connectivity index (χ1) is 16.3. The van der Waals surface area contributed by atoms with Crippen LogP contribution >= 0.6 is 0 Å². The number of aryl methyl sites for hydroxylation is 2. The van der Waals surface area contributed by atoms with Crippen molar-refractivity contribution in [1.29, 1.82) is 0 Å². The van der Waals surface area contributed by atoms with Crippen LogP contribution in [0.3, 0.4) is 0 Å². The lowest BCUT2D eigenvalue weighted by Crippen LogP contribution is -2.18. The highest BCUT2D eigenvalue weighted by Gasteiger charge is 2.31. The summed E-state index contributed by atoms with van der Waals surface area (Å²) >= 11 is 0. The molecule has 0 fully saturated rings. The van der Waals surface area contributed by atoms with Crippen LogP contribution in [0.2, 0.25) is 0 Å². The number of allylic oxidation sites excluding steroid dienone is 2. The van der Waals surface area contributed by atoms with E-state index in [0.717, 1.165) is 30.8 Å². The number of fused-ring (bicyclic) bond motifs is 1. The van der Waals surface area contributed by atoms with E-state index < -0.39 is 11.7 Å². The van der Waals surface area contributed by atoms with E-state index in [1.807, 2.05) is 24.5 Å². The maximum absolute atomic E-state index is 13.5. The molecule has 0 bridgehead atoms. The zero-order valence-corrected chi connectivity index (χ0v) is 19.0. The van der Waals surface area contributed by atoms with Gasteiger partial charge in [0.2, 0.25) is 0 Å². The van der Waals surface area contributed by atoms with Gasteiger partial charge in [0, 0.05) is 36.5 Å². The van der Waals surface area contributed by atoms with Crippen molar-refractivity contribution in [3.8, 4) is 16.9 Å². The van der Waals surface area contributed by atoms with Crippen molar-refractivity contribution in [1.82, 2.24) is 19.3 Å². The Morgan fingerprint density at radius 2 is 1.94 bits per heavy atom. The number of nitrogens with zero attached hydrogens (tertiary/aromatic N) is 4. The number of ether oxygens (including phenoxy) is 1. The molecule has 1 aromatic carbocycles. The maximum atomic E-state index is 13.5. The number of aromatic nitrogens is 4. The standard InChI is InChI=1S/C25H25F3N4O2/c1-3-4-13-31-16-18(7-12-24(31)33)21-10-8-19(25(26,27)28)15-22(21)34-20-6-5-14-32-17(2)29-30-23(32)11-9-20/h6-12,15-16H,3-5,13-14H2,1-2H3/b11-9-,20-6+. The van der Waals surface area contributed by atoms with Crippen molar-refractivity contribution < 1.29 is 17.9 Å². The van der Waals surface area contributed by atoms with Crippen molar-refractivity contribution in [3.63, 3.8) is 0 Å². The summed E-state index contributed by atoms with van der Waals surface area (Å²) in [7, 11) is 0. The molecule has 2 aromatic heterocycles. The highest BCUT2D eigenvalue weighted by atomic mass is 19.4. The quantitative estimate of drug-likeness (QED) is 0.470. The van der Waals surface area contributed by atoms with Gasteiger partial charge in [-0.2, -0.15) is 13.2 Å². The van der Waals surface area contributed by atoms with E-state index in [0.29, 0.717) is 42.2 Å². The Morgan fingerprint density at radius 3 is 2.71 bits per heavy atom. The molecule has 9 heteroatoms. The van der Waals surface area contributed by atoms with Crippen LogP contribution in [0.15, 0.2) is 59.2 Å². The zero-order chi connectivity index (χ0) is 24.3. The summed E-state index contributed by atoms with van der Waals surface area (Å²) in [5.41, 5.74) is 0.104. The lowest BCUT2D eigenvalue weighted by atomic mass is 10.0. The van der Waals surface area contributed by atoms with Crippen molar-refractivity contribution in [3.05, 3.63) is 82.0 Å². The molecule has 1 aliphatic heterocycles. The number of halogens is 3. The van der Waals surface area contributed by atoms with E-state index in [9.17, 15) is 18.0 Å². The van der Waals surface area contributed by atoms with Gasteiger partial charge in [0.25, 0.3) is 5.56 Å². The van der Waals surface area contributed by atoms with Gasteiger partial charge in [-0.15, -0.1) is 10.2 Å². The highest BCUT2D eigenvalue weighted by Crippen LogP contribution is 2.38. The molecule has 178 valence electrons. The van der Waals surface area contributed by atoms with Crippen LogP contribution in [0.1, 0.15) is 43.4 Å². The first-order valence-corrected chi connectivity index (χ1v) is 11.1. The number of rotatable bonds is 6. The van der Waals surface area contributed by atoms with E-state index in [4.69, 9.17) is 4.74 Å². The molecule has 0 saturated carbocycles. The van der Waals surface area contributed by atoms with Crippen LogP contribution in [-0.2, 0) is 19.3 Å². The molecular weight excluding hydrogens is 445 g/mol. The SMILES string of the molecule is CCCCn1cc(-c2ccc(C(F)(F)F)cc2OC2=C/CCn3c(C)nnc3/C=C\2)ccc1=O. The Hall–Kier alpha value is -3.62. The molecule has 6 nitrogen and oxygen atoms in total. The topological polar surface area (TPSA) is 61.9 Å². The summed E-state index contributed by atoms with van der Waals surface area (Å²) in [6.07, 6.45) is 4.71. The summed E-state index contributed by atoms with van der Waals surface area (Å²) in [6.45, 7) is 5.05. The predicted molar refractivity (Wildman–Crippen MR) is 123 cm³/mol. The van der Waals surface area contributed by atoms with E-state index >= 15 is 0 Å². The van der Waals surface area contributed by atoms with Crippen LogP contribution in [0.5, 0.6) is 5.75 Å². The first kappa shape index (κ1) is 23.5. The number of benzene rings is 1. The Morgan fingerprint density at radius 1 is 1.12 bits per heavy atom. The molecule has 3 aromatic rings. The fraction of sp³-hybridized carbons (Fsp3) is 0.320. The van der Waals surface area contributed by atoms with Gasteiger partial charge in [-0.3, -0.25) is 4.79 Å². The molecule has 1 aliphatic rings. The monoisotopic (exact) mass is 470 g/mol. The summed E-state index contributed by atoms with van der Waals surface area (Å²) in [4.78, 5) is 12.2. The summed E-state index contributed by atoms with van der Waals surface area (Å²) < 4.78 is 50.0. The molecule has 4 rings (SSSR count). The van der Waals surface area contributed by atoms with Crippen LogP contribution < -0.4 is 10.3 Å². The molecule has 0 radical (unpaired) electrons. The first-order valence-electron chi connectivity index (χ1n) is 11.1. The Labute approximate surface area is 195 Å². The minimum Gasteiger partial charge on any atom is -0.457 e. The fourth-order valence-electron chi connectivity index (χ4n) is 3.78. The van der Waals surface area contributed by atoms with E-state index in [1.54, 1.807) is 29.0 Å². The van der Waals surface area contributed by atoms with Gasteiger partial charge in [0.05, 0.1) is 5.56 Å². The smallest absolute Gasteiger partial charge is 0.416 e. The van der Waals surface area contributed by atoms with Gasteiger partial charge in [0.1, 0.15) is 17.3 Å². The van der Waals surface area contributed by atoms with Gasteiger partial charge in [-0.25, -0.2) is 0 Å². The fourth-order valence-corrected chi connectivity index (χ4v) is 3.78. The second kappa shape index (κ2) is 9.70. The lowest BCUT2D eigenvalue weighted by Gasteiger charge is -2.17. The van der Waals surface area contributed by atoms with Gasteiger partial charge in [-0.05, 0) is 62.3 Å². The Balaban J connectivity index is 1.73. The molecular formula is C25H25F3N4O2. The molecule has 0 atom stereocenters. The summed E-state index contributed by atoms with van der Waals surface area (Å²) in [5.74, 6) is 1.91. The third-order valence-corrected chi connectivity index (χ3v) is 5.64. The molecule has 0 unspecified atom stereocenters. The Bertz CT molecular complexity index is 1300. The predicted octanol–water partition coefficient (Wildman–Crippen LogP) is 5.61. The van der Waals surface area contributed by atoms with Gasteiger partial charge in [-0.1, -0.05) is 13.3 Å². The number of hydrogen-bond acceptors (Lipinski definition) is 4. The van der Waals surface area contributed by atoms with Gasteiger partial charge in [0.15, 0.2) is 5.82 Å². The van der Waals surface area contributed by atoms with Crippen molar-refractivity contribution in [2.24, 2.45) is 0 Å². The summed E-state index contributed by atoms with van der Waals surface area (Å²) in [6, 6.07) is 6.44. The van der Waals surface area contributed by atoms with E-state index in [2.05, 4.69) is 10.2 Å². The van der Waals surface area contributed by atoms with Crippen LogP contribution in [0, 0.1) is 6.92 Å². The molecule has 3 heterocycles. The van der Waals surface area contributed by atoms with Crippen LogP contribution in [0.25, 0.3) is 17.2 Å².